The second-order valence-corrected chi connectivity index (χ2v) is 4.60. The molecular weight excluding hydrogens is 264 g/mol. The number of aliphatic imine (C=N–C) groups is 1. The Bertz CT molecular complexity index is 567. The molecule has 5 N–H and O–H groups in total. The quantitative estimate of drug-likeness (QED) is 0.589. The molecule has 2 aromatic carbocycles. The average Bonchev–Trinajstić information content (AvgIpc) is 2.49. The van der Waals surface area contributed by atoms with Crippen LogP contribution < -0.4 is 16.8 Å². The highest BCUT2D eigenvalue weighted by Crippen LogP contribution is 2.23. The lowest BCUT2D eigenvalue weighted by atomic mass is 9.91. The van der Waals surface area contributed by atoms with Gasteiger partial charge in [-0.3, -0.25) is 0 Å². The lowest BCUT2D eigenvalue weighted by molar-refractivity contribution is 0.249. The van der Waals surface area contributed by atoms with E-state index in [2.05, 4.69) is 10.3 Å². The fourth-order valence-corrected chi connectivity index (χ4v) is 2.15. The topological polar surface area (TPSA) is 93.5 Å². The minimum atomic E-state index is -0.535. The van der Waals surface area contributed by atoms with E-state index >= 15 is 0 Å². The number of rotatable bonds is 4. The fraction of sp³-hybridized carbons (Fsp3) is 0.125. The van der Waals surface area contributed by atoms with E-state index in [0.29, 0.717) is 6.54 Å². The number of carbonyl (C=O) groups excluding carboxylic acids is 1. The summed E-state index contributed by atoms with van der Waals surface area (Å²) in [5.41, 5.74) is 12.6. The van der Waals surface area contributed by atoms with Gasteiger partial charge in [-0.15, -0.1) is 0 Å². The molecule has 0 heterocycles. The summed E-state index contributed by atoms with van der Waals surface area (Å²) >= 11 is 0. The first-order valence-corrected chi connectivity index (χ1v) is 6.64. The Morgan fingerprint density at radius 3 is 1.86 bits per heavy atom. The number of amides is 2. The number of benzene rings is 2. The molecule has 2 amide bonds. The zero-order chi connectivity index (χ0) is 15.1. The minimum Gasteiger partial charge on any atom is -0.370 e. The average molecular weight is 282 g/mol. The molecule has 0 unspecified atom stereocenters. The van der Waals surface area contributed by atoms with Crippen molar-refractivity contribution in [2.75, 3.05) is 6.54 Å². The lowest BCUT2D eigenvalue weighted by Gasteiger charge is -2.18. The molecule has 5 nitrogen and oxygen atoms in total. The van der Waals surface area contributed by atoms with Crippen LogP contribution in [0.4, 0.5) is 4.79 Å². The van der Waals surface area contributed by atoms with Crippen LogP contribution in [0.25, 0.3) is 0 Å². The summed E-state index contributed by atoms with van der Waals surface area (Å²) in [5, 5.41) is 2.72. The van der Waals surface area contributed by atoms with Crippen LogP contribution in [0, 0.1) is 0 Å². The Hall–Kier alpha value is -2.82. The predicted octanol–water partition coefficient (Wildman–Crippen LogP) is 1.80. The van der Waals surface area contributed by atoms with Crippen LogP contribution in [0.2, 0.25) is 0 Å². The van der Waals surface area contributed by atoms with E-state index in [1.165, 1.54) is 0 Å². The van der Waals surface area contributed by atoms with Gasteiger partial charge < -0.3 is 16.8 Å². The molecule has 0 spiro atoms. The van der Waals surface area contributed by atoms with Crippen molar-refractivity contribution in [3.8, 4) is 0 Å². The van der Waals surface area contributed by atoms with Crippen molar-refractivity contribution in [1.29, 1.82) is 0 Å². The van der Waals surface area contributed by atoms with E-state index < -0.39 is 6.03 Å². The number of nitrogens with zero attached hydrogens (tertiary/aromatic N) is 1. The smallest absolute Gasteiger partial charge is 0.344 e. The molecule has 2 aromatic rings. The summed E-state index contributed by atoms with van der Waals surface area (Å²) in [6.45, 7) is 0.420. The van der Waals surface area contributed by atoms with E-state index in [0.717, 1.165) is 11.1 Å². The summed E-state index contributed by atoms with van der Waals surface area (Å²) in [7, 11) is 0. The first-order chi connectivity index (χ1) is 10.2. The summed E-state index contributed by atoms with van der Waals surface area (Å²) in [5.74, 6) is -0.200. The molecule has 0 fully saturated rings. The summed E-state index contributed by atoms with van der Waals surface area (Å²) < 4.78 is 0. The van der Waals surface area contributed by atoms with Gasteiger partial charge in [-0.1, -0.05) is 60.7 Å². The van der Waals surface area contributed by atoms with Gasteiger partial charge in [0, 0.05) is 12.5 Å². The van der Waals surface area contributed by atoms with Gasteiger partial charge in [-0.25, -0.2) is 4.79 Å². The van der Waals surface area contributed by atoms with E-state index in [1.807, 2.05) is 60.7 Å². The van der Waals surface area contributed by atoms with Crippen molar-refractivity contribution in [1.82, 2.24) is 5.32 Å². The standard InChI is InChI=1S/C16H18N4O/c17-15(18)20-16(21)19-11-14(12-7-3-1-4-8-12)13-9-5-2-6-10-13/h1-10,14H,11H2,(H5,17,18,19,20,21). The Labute approximate surface area is 123 Å². The lowest BCUT2D eigenvalue weighted by Crippen LogP contribution is -2.31. The van der Waals surface area contributed by atoms with Crippen molar-refractivity contribution >= 4 is 12.0 Å². The summed E-state index contributed by atoms with van der Waals surface area (Å²) in [6.07, 6.45) is 0. The summed E-state index contributed by atoms with van der Waals surface area (Å²) in [4.78, 5) is 15.0. The van der Waals surface area contributed by atoms with E-state index in [9.17, 15) is 4.79 Å². The zero-order valence-corrected chi connectivity index (χ0v) is 11.6. The number of carbonyl (C=O) groups is 1. The van der Waals surface area contributed by atoms with Crippen LogP contribution in [-0.4, -0.2) is 18.5 Å². The first kappa shape index (κ1) is 14.6. The van der Waals surface area contributed by atoms with Crippen LogP contribution in [0.3, 0.4) is 0 Å². The van der Waals surface area contributed by atoms with Crippen molar-refractivity contribution in [2.24, 2.45) is 16.5 Å². The first-order valence-electron chi connectivity index (χ1n) is 6.64. The number of urea groups is 1. The third kappa shape index (κ3) is 4.35. The molecule has 0 aliphatic carbocycles. The highest BCUT2D eigenvalue weighted by atomic mass is 16.2. The molecule has 108 valence electrons. The molecule has 21 heavy (non-hydrogen) atoms. The van der Waals surface area contributed by atoms with Gasteiger partial charge in [0.05, 0.1) is 0 Å². The normalized spacial score (nSPS) is 10.1. The van der Waals surface area contributed by atoms with Crippen LogP contribution in [-0.2, 0) is 0 Å². The third-order valence-corrected chi connectivity index (χ3v) is 3.09. The largest absolute Gasteiger partial charge is 0.370 e. The van der Waals surface area contributed by atoms with E-state index in [1.54, 1.807) is 0 Å². The van der Waals surface area contributed by atoms with Gasteiger partial charge in [0.2, 0.25) is 0 Å². The maximum atomic E-state index is 11.6. The van der Waals surface area contributed by atoms with Gasteiger partial charge in [0.1, 0.15) is 0 Å². The Balaban J connectivity index is 2.18. The third-order valence-electron chi connectivity index (χ3n) is 3.09. The molecule has 0 saturated heterocycles. The highest BCUT2D eigenvalue weighted by Gasteiger charge is 2.14. The van der Waals surface area contributed by atoms with Gasteiger partial charge in [0.15, 0.2) is 5.96 Å². The second kappa shape index (κ2) is 7.09. The molecule has 2 rings (SSSR count). The van der Waals surface area contributed by atoms with Gasteiger partial charge in [0.25, 0.3) is 0 Å². The molecule has 0 atom stereocenters. The predicted molar refractivity (Wildman–Crippen MR) is 83.9 cm³/mol. The number of hydrogen-bond donors (Lipinski definition) is 3. The second-order valence-electron chi connectivity index (χ2n) is 4.60. The maximum Gasteiger partial charge on any atom is 0.344 e. The molecule has 0 aliphatic rings. The van der Waals surface area contributed by atoms with Crippen molar-refractivity contribution in [3.05, 3.63) is 71.8 Å². The molecule has 5 heteroatoms. The highest BCUT2D eigenvalue weighted by molar-refractivity contribution is 5.90. The molecule has 0 saturated carbocycles. The van der Waals surface area contributed by atoms with E-state index in [-0.39, 0.29) is 11.9 Å². The monoisotopic (exact) mass is 282 g/mol. The van der Waals surface area contributed by atoms with Crippen LogP contribution in [0.15, 0.2) is 65.7 Å². The molecular formula is C16H18N4O. The molecule has 0 radical (unpaired) electrons. The van der Waals surface area contributed by atoms with Crippen molar-refractivity contribution in [3.63, 3.8) is 0 Å². The van der Waals surface area contributed by atoms with Gasteiger partial charge >= 0.3 is 6.03 Å². The minimum absolute atomic E-state index is 0.0468. The molecule has 0 aromatic heterocycles. The Morgan fingerprint density at radius 2 is 1.43 bits per heavy atom. The maximum absolute atomic E-state index is 11.6. The van der Waals surface area contributed by atoms with Crippen molar-refractivity contribution < 1.29 is 4.79 Å². The van der Waals surface area contributed by atoms with Gasteiger partial charge in [-0.2, -0.15) is 4.99 Å². The SMILES string of the molecule is NC(N)=NC(=O)NCC(c1ccccc1)c1ccccc1. The van der Waals surface area contributed by atoms with Crippen molar-refractivity contribution in [2.45, 2.75) is 5.92 Å². The number of nitrogens with one attached hydrogen (secondary N) is 1. The Morgan fingerprint density at radius 1 is 0.952 bits per heavy atom. The molecule has 0 bridgehead atoms. The van der Waals surface area contributed by atoms with E-state index in [4.69, 9.17) is 11.5 Å². The zero-order valence-electron chi connectivity index (χ0n) is 11.6. The number of nitrogens with two attached hydrogens (primary N) is 2. The van der Waals surface area contributed by atoms with Crippen LogP contribution in [0.5, 0.6) is 0 Å². The number of hydrogen-bond acceptors (Lipinski definition) is 1. The Kier molecular flexibility index (Phi) is 4.93. The number of guanidine groups is 1. The van der Waals surface area contributed by atoms with Gasteiger partial charge in [-0.05, 0) is 11.1 Å². The van der Waals surface area contributed by atoms with Crippen LogP contribution >= 0.6 is 0 Å². The molecule has 0 aliphatic heterocycles. The fourth-order valence-electron chi connectivity index (χ4n) is 2.15. The van der Waals surface area contributed by atoms with Crippen LogP contribution in [0.1, 0.15) is 17.0 Å². The summed E-state index contributed by atoms with van der Waals surface area (Å²) in [6, 6.07) is 19.4.